The maximum atomic E-state index is 11.9. The van der Waals surface area contributed by atoms with Crippen molar-refractivity contribution in [1.82, 2.24) is 5.32 Å². The van der Waals surface area contributed by atoms with E-state index < -0.39 is 6.10 Å². The van der Waals surface area contributed by atoms with Gasteiger partial charge in [0.25, 0.3) is 5.91 Å². The molecule has 1 heterocycles. The fourth-order valence-electron chi connectivity index (χ4n) is 1.71. The van der Waals surface area contributed by atoms with Gasteiger partial charge in [-0.05, 0) is 31.2 Å². The highest BCUT2D eigenvalue weighted by Gasteiger charge is 2.13. The normalized spacial score (nSPS) is 11.9. The quantitative estimate of drug-likeness (QED) is 0.761. The van der Waals surface area contributed by atoms with Gasteiger partial charge < -0.3 is 14.5 Å². The highest BCUT2D eigenvalue weighted by Crippen LogP contribution is 2.12. The predicted molar refractivity (Wildman–Crippen MR) is 84.4 cm³/mol. The number of rotatable bonds is 8. The SMILES string of the molecule is C[C@@H](Oc1ccccc1)C(=O)NCCSCc1ccco1. The molecule has 2 aromatic rings. The summed E-state index contributed by atoms with van der Waals surface area (Å²) in [5, 5.41) is 2.87. The molecule has 1 amide bonds. The Morgan fingerprint density at radius 1 is 1.29 bits per heavy atom. The largest absolute Gasteiger partial charge is 0.481 e. The zero-order valence-corrected chi connectivity index (χ0v) is 12.8. The summed E-state index contributed by atoms with van der Waals surface area (Å²) in [6, 6.07) is 13.2. The van der Waals surface area contributed by atoms with Crippen LogP contribution in [0.5, 0.6) is 5.75 Å². The summed E-state index contributed by atoms with van der Waals surface area (Å²) in [6.07, 6.45) is 1.17. The summed E-state index contributed by atoms with van der Waals surface area (Å²) < 4.78 is 10.8. The Morgan fingerprint density at radius 3 is 2.81 bits per heavy atom. The molecule has 2 rings (SSSR count). The van der Waals surface area contributed by atoms with Crippen LogP contribution in [0.3, 0.4) is 0 Å². The van der Waals surface area contributed by atoms with Crippen molar-refractivity contribution in [2.75, 3.05) is 12.3 Å². The van der Waals surface area contributed by atoms with Gasteiger partial charge in [0.15, 0.2) is 6.10 Å². The van der Waals surface area contributed by atoms with E-state index >= 15 is 0 Å². The van der Waals surface area contributed by atoms with E-state index in [0.29, 0.717) is 12.3 Å². The summed E-state index contributed by atoms with van der Waals surface area (Å²) in [4.78, 5) is 11.9. The Hall–Kier alpha value is -1.88. The minimum Gasteiger partial charge on any atom is -0.481 e. The molecule has 4 nitrogen and oxygen atoms in total. The van der Waals surface area contributed by atoms with Crippen molar-refractivity contribution >= 4 is 17.7 Å². The monoisotopic (exact) mass is 305 g/mol. The van der Waals surface area contributed by atoms with Crippen LogP contribution < -0.4 is 10.1 Å². The molecule has 0 spiro atoms. The van der Waals surface area contributed by atoms with Gasteiger partial charge in [-0.2, -0.15) is 11.8 Å². The highest BCUT2D eigenvalue weighted by molar-refractivity contribution is 7.98. The zero-order chi connectivity index (χ0) is 14.9. The first-order chi connectivity index (χ1) is 10.3. The van der Waals surface area contributed by atoms with Crippen LogP contribution in [-0.4, -0.2) is 24.3 Å². The number of amides is 1. The van der Waals surface area contributed by atoms with Gasteiger partial charge in [0, 0.05) is 12.3 Å². The molecule has 0 aliphatic rings. The lowest BCUT2D eigenvalue weighted by atomic mass is 10.3. The van der Waals surface area contributed by atoms with Gasteiger partial charge >= 0.3 is 0 Å². The van der Waals surface area contributed by atoms with Crippen molar-refractivity contribution in [3.05, 3.63) is 54.5 Å². The van der Waals surface area contributed by atoms with E-state index in [4.69, 9.17) is 9.15 Å². The molecule has 1 N–H and O–H groups in total. The predicted octanol–water partition coefficient (Wildman–Crippen LogP) is 3.10. The lowest BCUT2D eigenvalue weighted by Gasteiger charge is -2.14. The molecular weight excluding hydrogens is 286 g/mol. The van der Waals surface area contributed by atoms with Gasteiger partial charge in [-0.15, -0.1) is 0 Å². The minimum atomic E-state index is -0.498. The van der Waals surface area contributed by atoms with E-state index in [9.17, 15) is 4.79 Å². The molecule has 112 valence electrons. The second-order valence-corrected chi connectivity index (χ2v) is 5.60. The third-order valence-electron chi connectivity index (χ3n) is 2.80. The summed E-state index contributed by atoms with van der Waals surface area (Å²) in [6.45, 7) is 2.37. The Kier molecular flexibility index (Phi) is 6.22. The van der Waals surface area contributed by atoms with Crippen LogP contribution in [0.15, 0.2) is 53.1 Å². The summed E-state index contributed by atoms with van der Waals surface area (Å²) in [5.41, 5.74) is 0. The standard InChI is InChI=1S/C16H19NO3S/c1-13(20-14-6-3-2-4-7-14)16(18)17-9-11-21-12-15-8-5-10-19-15/h2-8,10,13H,9,11-12H2,1H3,(H,17,18)/t13-/m1/s1. The van der Waals surface area contributed by atoms with Crippen LogP contribution in [0.1, 0.15) is 12.7 Å². The number of carbonyl (C=O) groups excluding carboxylic acids is 1. The second-order valence-electron chi connectivity index (χ2n) is 4.50. The Bertz CT molecular complexity index is 528. The lowest BCUT2D eigenvalue weighted by Crippen LogP contribution is -2.37. The molecule has 0 fully saturated rings. The molecule has 0 unspecified atom stereocenters. The maximum Gasteiger partial charge on any atom is 0.260 e. The fourth-order valence-corrected chi connectivity index (χ4v) is 2.47. The van der Waals surface area contributed by atoms with Crippen LogP contribution in [0.2, 0.25) is 0 Å². The van der Waals surface area contributed by atoms with E-state index in [0.717, 1.165) is 17.3 Å². The molecule has 21 heavy (non-hydrogen) atoms. The number of ether oxygens (including phenoxy) is 1. The first-order valence-corrected chi connectivity index (χ1v) is 8.00. The van der Waals surface area contributed by atoms with Crippen LogP contribution in [0.25, 0.3) is 0 Å². The minimum absolute atomic E-state index is 0.0996. The number of hydrogen-bond donors (Lipinski definition) is 1. The molecule has 0 aliphatic carbocycles. The van der Waals surface area contributed by atoms with Gasteiger partial charge in [-0.3, -0.25) is 4.79 Å². The Labute approximate surface area is 128 Å². The van der Waals surface area contributed by atoms with Gasteiger partial charge in [0.2, 0.25) is 0 Å². The van der Waals surface area contributed by atoms with Crippen molar-refractivity contribution < 1.29 is 13.9 Å². The smallest absolute Gasteiger partial charge is 0.260 e. The van der Waals surface area contributed by atoms with E-state index in [1.807, 2.05) is 42.5 Å². The van der Waals surface area contributed by atoms with Crippen molar-refractivity contribution in [1.29, 1.82) is 0 Å². The van der Waals surface area contributed by atoms with Crippen LogP contribution in [0.4, 0.5) is 0 Å². The molecule has 0 aliphatic heterocycles. The lowest BCUT2D eigenvalue weighted by molar-refractivity contribution is -0.127. The summed E-state index contributed by atoms with van der Waals surface area (Å²) in [7, 11) is 0. The van der Waals surface area contributed by atoms with Crippen molar-refractivity contribution in [2.45, 2.75) is 18.8 Å². The summed E-state index contributed by atoms with van der Waals surface area (Å²) >= 11 is 1.72. The molecule has 5 heteroatoms. The summed E-state index contributed by atoms with van der Waals surface area (Å²) in [5.74, 6) is 3.21. The third kappa shape index (κ3) is 5.55. The molecule has 0 saturated heterocycles. The molecular formula is C16H19NO3S. The number of furan rings is 1. The second kappa shape index (κ2) is 8.42. The number of thioether (sulfide) groups is 1. The number of carbonyl (C=O) groups is 1. The highest BCUT2D eigenvalue weighted by atomic mass is 32.2. The molecule has 1 aromatic heterocycles. The van der Waals surface area contributed by atoms with E-state index in [-0.39, 0.29) is 5.91 Å². The number of hydrogen-bond acceptors (Lipinski definition) is 4. The topological polar surface area (TPSA) is 51.5 Å². The Morgan fingerprint density at radius 2 is 2.10 bits per heavy atom. The van der Waals surface area contributed by atoms with Gasteiger partial charge in [0.1, 0.15) is 11.5 Å². The van der Waals surface area contributed by atoms with Gasteiger partial charge in [-0.25, -0.2) is 0 Å². The first-order valence-electron chi connectivity index (χ1n) is 6.85. The molecule has 0 bridgehead atoms. The number of benzene rings is 1. The fraction of sp³-hybridized carbons (Fsp3) is 0.312. The zero-order valence-electron chi connectivity index (χ0n) is 12.0. The van der Waals surface area contributed by atoms with Gasteiger partial charge in [-0.1, -0.05) is 18.2 Å². The molecule has 1 aromatic carbocycles. The first kappa shape index (κ1) is 15.5. The van der Waals surface area contributed by atoms with E-state index in [1.54, 1.807) is 24.9 Å². The van der Waals surface area contributed by atoms with Crippen molar-refractivity contribution in [3.8, 4) is 5.75 Å². The Balaban J connectivity index is 1.60. The van der Waals surface area contributed by atoms with Crippen LogP contribution in [0, 0.1) is 0 Å². The average Bonchev–Trinajstić information content (AvgIpc) is 3.01. The van der Waals surface area contributed by atoms with Crippen molar-refractivity contribution in [2.24, 2.45) is 0 Å². The molecule has 0 radical (unpaired) electrons. The maximum absolute atomic E-state index is 11.9. The van der Waals surface area contributed by atoms with Crippen LogP contribution >= 0.6 is 11.8 Å². The average molecular weight is 305 g/mol. The number of para-hydroxylation sites is 1. The number of nitrogens with one attached hydrogen (secondary N) is 1. The van der Waals surface area contributed by atoms with E-state index in [1.165, 1.54) is 0 Å². The van der Waals surface area contributed by atoms with Crippen LogP contribution in [-0.2, 0) is 10.5 Å². The third-order valence-corrected chi connectivity index (χ3v) is 3.78. The van der Waals surface area contributed by atoms with E-state index in [2.05, 4.69) is 5.32 Å². The van der Waals surface area contributed by atoms with Gasteiger partial charge in [0.05, 0.1) is 12.0 Å². The van der Waals surface area contributed by atoms with Crippen molar-refractivity contribution in [3.63, 3.8) is 0 Å². The molecule has 0 saturated carbocycles. The molecule has 1 atom stereocenters.